The van der Waals surface area contributed by atoms with Gasteiger partial charge in [-0.3, -0.25) is 35.1 Å². The van der Waals surface area contributed by atoms with Crippen LogP contribution >= 0.6 is 0 Å². The van der Waals surface area contributed by atoms with E-state index >= 15 is 0 Å². The molecular formula is C16H9N3O9. The quantitative estimate of drug-likeness (QED) is 0.362. The maximum atomic E-state index is 12.7. The van der Waals surface area contributed by atoms with Crippen molar-refractivity contribution >= 4 is 28.8 Å². The third kappa shape index (κ3) is 2.72. The summed E-state index contributed by atoms with van der Waals surface area (Å²) in [6.45, 7) is 1.50. The van der Waals surface area contributed by atoms with E-state index in [1.54, 1.807) is 0 Å². The molecule has 2 aromatic carbocycles. The molecule has 0 bridgehead atoms. The first-order valence-corrected chi connectivity index (χ1v) is 7.68. The number of rotatable bonds is 5. The summed E-state index contributed by atoms with van der Waals surface area (Å²) >= 11 is 0. The summed E-state index contributed by atoms with van der Waals surface area (Å²) in [5, 5.41) is 34.0. The number of fused-ring (bicyclic) bond motifs is 3. The molecule has 0 aromatic heterocycles. The molecule has 0 amide bonds. The van der Waals surface area contributed by atoms with Gasteiger partial charge in [-0.2, -0.15) is 0 Å². The standard InChI is InChI=1S/C16H9N3O9/c1-2-28-16(21)7-3-9-13(11(4-7)18(24)25)14-10(15(9)20)5-8(17(22)23)6-12(14)19(26)27/h3-6H,2H2,1H3. The Morgan fingerprint density at radius 3 is 1.93 bits per heavy atom. The summed E-state index contributed by atoms with van der Waals surface area (Å²) in [7, 11) is 0. The number of non-ortho nitro benzene ring substituents is 1. The number of ether oxygens (including phenoxy) is 1. The van der Waals surface area contributed by atoms with Crippen LogP contribution in [-0.2, 0) is 4.74 Å². The molecule has 0 radical (unpaired) electrons. The Kier molecular flexibility index (Phi) is 4.31. The molecule has 12 heteroatoms. The van der Waals surface area contributed by atoms with Crippen LogP contribution in [0.3, 0.4) is 0 Å². The van der Waals surface area contributed by atoms with Gasteiger partial charge < -0.3 is 4.74 Å². The van der Waals surface area contributed by atoms with Gasteiger partial charge in [0.05, 0.1) is 44.1 Å². The van der Waals surface area contributed by atoms with Crippen LogP contribution in [0, 0.1) is 30.3 Å². The third-order valence-corrected chi connectivity index (χ3v) is 4.07. The number of nitrogens with zero attached hydrogens (tertiary/aromatic N) is 3. The first-order valence-electron chi connectivity index (χ1n) is 7.68. The Bertz CT molecular complexity index is 1110. The van der Waals surface area contributed by atoms with Gasteiger partial charge >= 0.3 is 5.97 Å². The Labute approximate surface area is 154 Å². The summed E-state index contributed by atoms with van der Waals surface area (Å²) in [5.41, 5.74) is -4.04. The molecule has 0 fully saturated rings. The predicted octanol–water partition coefficient (Wildman–Crippen LogP) is 2.80. The normalized spacial score (nSPS) is 11.5. The van der Waals surface area contributed by atoms with E-state index in [2.05, 4.69) is 0 Å². The zero-order chi connectivity index (χ0) is 20.7. The van der Waals surface area contributed by atoms with Crippen LogP contribution < -0.4 is 0 Å². The lowest BCUT2D eigenvalue weighted by molar-refractivity contribution is -0.394. The van der Waals surface area contributed by atoms with Crippen molar-refractivity contribution in [3.8, 4) is 11.1 Å². The van der Waals surface area contributed by atoms with Crippen molar-refractivity contribution in [1.82, 2.24) is 0 Å². The SMILES string of the molecule is CCOC(=O)c1cc2c(c([N+](=O)[O-])c1)-c1c(cc([N+](=O)[O-])cc1[N+](=O)[O-])C2=O. The number of hydrogen-bond donors (Lipinski definition) is 0. The Morgan fingerprint density at radius 1 is 0.893 bits per heavy atom. The smallest absolute Gasteiger partial charge is 0.338 e. The van der Waals surface area contributed by atoms with Gasteiger partial charge in [-0.25, -0.2) is 4.79 Å². The van der Waals surface area contributed by atoms with Gasteiger partial charge in [0.15, 0.2) is 5.78 Å². The minimum Gasteiger partial charge on any atom is -0.462 e. The van der Waals surface area contributed by atoms with E-state index < -0.39 is 54.7 Å². The Morgan fingerprint density at radius 2 is 1.43 bits per heavy atom. The minimum atomic E-state index is -0.961. The lowest BCUT2D eigenvalue weighted by Gasteiger charge is -2.06. The summed E-state index contributed by atoms with van der Waals surface area (Å²) < 4.78 is 4.78. The van der Waals surface area contributed by atoms with Crippen molar-refractivity contribution in [1.29, 1.82) is 0 Å². The van der Waals surface area contributed by atoms with Crippen LogP contribution in [0.5, 0.6) is 0 Å². The summed E-state index contributed by atoms with van der Waals surface area (Å²) in [6.07, 6.45) is 0. The van der Waals surface area contributed by atoms with Crippen molar-refractivity contribution in [3.05, 3.63) is 71.3 Å². The van der Waals surface area contributed by atoms with Gasteiger partial charge in [-0.05, 0) is 13.0 Å². The van der Waals surface area contributed by atoms with E-state index in [4.69, 9.17) is 4.74 Å². The zero-order valence-corrected chi connectivity index (χ0v) is 14.0. The van der Waals surface area contributed by atoms with E-state index in [-0.39, 0.29) is 23.3 Å². The van der Waals surface area contributed by atoms with E-state index in [9.17, 15) is 39.9 Å². The van der Waals surface area contributed by atoms with Gasteiger partial charge in [0, 0.05) is 23.3 Å². The van der Waals surface area contributed by atoms with Crippen LogP contribution in [0.4, 0.5) is 17.1 Å². The fourth-order valence-electron chi connectivity index (χ4n) is 2.99. The average Bonchev–Trinajstić information content (AvgIpc) is 2.92. The molecule has 3 rings (SSSR count). The highest BCUT2D eigenvalue weighted by Gasteiger charge is 2.41. The summed E-state index contributed by atoms with van der Waals surface area (Å²) in [5.74, 6) is -1.82. The molecule has 1 aliphatic rings. The van der Waals surface area contributed by atoms with E-state index in [1.807, 2.05) is 0 Å². The lowest BCUT2D eigenvalue weighted by atomic mass is 9.99. The molecule has 142 valence electrons. The maximum absolute atomic E-state index is 12.7. The average molecular weight is 387 g/mol. The van der Waals surface area contributed by atoms with Crippen LogP contribution in [0.15, 0.2) is 24.3 Å². The van der Waals surface area contributed by atoms with Gasteiger partial charge in [0.1, 0.15) is 0 Å². The van der Waals surface area contributed by atoms with E-state index in [0.29, 0.717) is 6.07 Å². The Hall–Kier alpha value is -4.22. The predicted molar refractivity (Wildman–Crippen MR) is 91.2 cm³/mol. The molecule has 28 heavy (non-hydrogen) atoms. The van der Waals surface area contributed by atoms with Crippen LogP contribution in [0.25, 0.3) is 11.1 Å². The minimum absolute atomic E-state index is 0.0183. The van der Waals surface area contributed by atoms with E-state index in [0.717, 1.165) is 18.2 Å². The monoisotopic (exact) mass is 387 g/mol. The second-order valence-electron chi connectivity index (χ2n) is 5.63. The van der Waals surface area contributed by atoms with Crippen molar-refractivity contribution in [2.24, 2.45) is 0 Å². The first kappa shape index (κ1) is 18.6. The zero-order valence-electron chi connectivity index (χ0n) is 14.0. The molecule has 12 nitrogen and oxygen atoms in total. The van der Waals surface area contributed by atoms with Gasteiger partial charge in [0.2, 0.25) is 0 Å². The number of nitro benzene ring substituents is 3. The first-order chi connectivity index (χ1) is 13.2. The van der Waals surface area contributed by atoms with Crippen LogP contribution in [-0.4, -0.2) is 33.1 Å². The molecule has 0 heterocycles. The fraction of sp³-hybridized carbons (Fsp3) is 0.125. The van der Waals surface area contributed by atoms with Crippen molar-refractivity contribution in [2.45, 2.75) is 6.92 Å². The second-order valence-corrected chi connectivity index (χ2v) is 5.63. The highest BCUT2D eigenvalue weighted by atomic mass is 16.6. The molecule has 1 aliphatic carbocycles. The number of nitro groups is 3. The molecular weight excluding hydrogens is 378 g/mol. The van der Waals surface area contributed by atoms with Gasteiger partial charge in [-0.15, -0.1) is 0 Å². The van der Waals surface area contributed by atoms with Crippen molar-refractivity contribution in [2.75, 3.05) is 6.61 Å². The molecule has 2 aromatic rings. The van der Waals surface area contributed by atoms with Crippen molar-refractivity contribution < 1.29 is 29.1 Å². The summed E-state index contributed by atoms with van der Waals surface area (Å²) in [4.78, 5) is 55.9. The van der Waals surface area contributed by atoms with E-state index in [1.165, 1.54) is 6.92 Å². The van der Waals surface area contributed by atoms with Crippen LogP contribution in [0.2, 0.25) is 0 Å². The summed E-state index contributed by atoms with van der Waals surface area (Å²) in [6, 6.07) is 3.32. The molecule has 0 atom stereocenters. The maximum Gasteiger partial charge on any atom is 0.338 e. The highest BCUT2D eigenvalue weighted by Crippen LogP contribution is 2.48. The van der Waals surface area contributed by atoms with Gasteiger partial charge in [-0.1, -0.05) is 0 Å². The molecule has 0 saturated carbocycles. The number of ketones is 1. The molecule has 0 unspecified atom stereocenters. The van der Waals surface area contributed by atoms with Crippen LogP contribution in [0.1, 0.15) is 33.2 Å². The number of hydrogen-bond acceptors (Lipinski definition) is 9. The van der Waals surface area contributed by atoms with Gasteiger partial charge in [0.25, 0.3) is 17.1 Å². The second kappa shape index (κ2) is 6.50. The number of carbonyl (C=O) groups excluding carboxylic acids is 2. The molecule has 0 N–H and O–H groups in total. The topological polar surface area (TPSA) is 173 Å². The Balaban J connectivity index is 2.39. The van der Waals surface area contributed by atoms with Crippen molar-refractivity contribution in [3.63, 3.8) is 0 Å². The third-order valence-electron chi connectivity index (χ3n) is 4.07. The molecule has 0 spiro atoms. The fourth-order valence-corrected chi connectivity index (χ4v) is 2.99. The largest absolute Gasteiger partial charge is 0.462 e. The highest BCUT2D eigenvalue weighted by molar-refractivity contribution is 6.25. The number of carbonyl (C=O) groups is 2. The number of benzene rings is 2. The molecule has 0 aliphatic heterocycles. The molecule has 0 saturated heterocycles. The number of esters is 1. The lowest BCUT2D eigenvalue weighted by Crippen LogP contribution is -2.07.